The lowest BCUT2D eigenvalue weighted by atomic mass is 9.61. The molecule has 0 saturated heterocycles. The first-order chi connectivity index (χ1) is 21.7. The number of aliphatic carboxylic acids is 1. The number of benzene rings is 3. The fourth-order valence-corrected chi connectivity index (χ4v) is 7.55. The van der Waals surface area contributed by atoms with Crippen LogP contribution in [-0.2, 0) is 21.8 Å². The fourth-order valence-electron chi connectivity index (χ4n) is 6.69. The van der Waals surface area contributed by atoms with E-state index < -0.39 is 30.6 Å². The van der Waals surface area contributed by atoms with Crippen molar-refractivity contribution < 1.29 is 32.4 Å². The molecule has 2 heterocycles. The Bertz CT molecular complexity index is 2040. The predicted molar refractivity (Wildman–Crippen MR) is 169 cm³/mol. The van der Waals surface area contributed by atoms with Gasteiger partial charge < -0.3 is 19.0 Å². The van der Waals surface area contributed by atoms with Crippen LogP contribution in [0.5, 0.6) is 5.75 Å². The summed E-state index contributed by atoms with van der Waals surface area (Å²) >= 11 is 0. The molecule has 12 heteroatoms. The SMILES string of the molecule is Cn1c(-c2ccc(P(C)(C)=O)cc2OC(F)(F)F)nc(-c2cccc3nn(C4CC(C(=O)O)(c5ccccc5)C4)cc23)c1C1CC1. The highest BCUT2D eigenvalue weighted by Gasteiger charge is 2.52. The summed E-state index contributed by atoms with van der Waals surface area (Å²) in [5, 5.41) is 16.1. The lowest BCUT2D eigenvalue weighted by molar-refractivity contribution is -0.274. The monoisotopic (exact) mass is 648 g/mol. The molecular formula is C34H32F3N4O4P. The topological polar surface area (TPSA) is 99.2 Å². The van der Waals surface area contributed by atoms with Gasteiger partial charge in [0.05, 0.1) is 28.2 Å². The molecule has 5 aromatic rings. The van der Waals surface area contributed by atoms with E-state index in [1.54, 1.807) is 13.1 Å². The molecule has 0 atom stereocenters. The fraction of sp³-hybridized carbons (Fsp3) is 0.324. The van der Waals surface area contributed by atoms with Crippen LogP contribution in [0, 0.1) is 0 Å². The minimum atomic E-state index is -4.95. The Labute approximate surface area is 263 Å². The van der Waals surface area contributed by atoms with E-state index in [4.69, 9.17) is 10.1 Å². The van der Waals surface area contributed by atoms with Crippen molar-refractivity contribution in [1.29, 1.82) is 0 Å². The van der Waals surface area contributed by atoms with Crippen molar-refractivity contribution >= 4 is 29.3 Å². The van der Waals surface area contributed by atoms with Crippen molar-refractivity contribution in [3.05, 3.63) is 84.2 Å². The number of carboxylic acid groups (broad SMARTS) is 1. The number of fused-ring (bicyclic) bond motifs is 1. The number of hydrogen-bond donors (Lipinski definition) is 1. The zero-order chi connectivity index (χ0) is 32.6. The molecule has 7 rings (SSSR count). The van der Waals surface area contributed by atoms with E-state index >= 15 is 0 Å². The minimum Gasteiger partial charge on any atom is -0.481 e. The second-order valence-corrected chi connectivity index (χ2v) is 16.0. The van der Waals surface area contributed by atoms with E-state index in [1.165, 1.54) is 25.5 Å². The van der Waals surface area contributed by atoms with Crippen LogP contribution in [-0.4, -0.2) is 50.1 Å². The predicted octanol–water partition coefficient (Wildman–Crippen LogP) is 7.49. The van der Waals surface area contributed by atoms with E-state index in [9.17, 15) is 27.6 Å². The van der Waals surface area contributed by atoms with Gasteiger partial charge in [-0.2, -0.15) is 5.10 Å². The summed E-state index contributed by atoms with van der Waals surface area (Å²) in [6, 6.07) is 19.1. The van der Waals surface area contributed by atoms with E-state index in [1.807, 2.05) is 64.0 Å². The van der Waals surface area contributed by atoms with Crippen molar-refractivity contribution in [2.24, 2.45) is 7.05 Å². The average molecular weight is 649 g/mol. The lowest BCUT2D eigenvalue weighted by Crippen LogP contribution is -2.48. The Morgan fingerprint density at radius 1 is 1.02 bits per heavy atom. The molecule has 2 aromatic heterocycles. The van der Waals surface area contributed by atoms with Gasteiger partial charge in [0.15, 0.2) is 0 Å². The Morgan fingerprint density at radius 3 is 2.37 bits per heavy atom. The maximum absolute atomic E-state index is 13.6. The summed E-state index contributed by atoms with van der Waals surface area (Å²) in [5.74, 6) is -0.808. The van der Waals surface area contributed by atoms with Gasteiger partial charge in [0.1, 0.15) is 18.7 Å². The Hall–Kier alpha value is -4.37. The number of imidazole rings is 1. The van der Waals surface area contributed by atoms with Gasteiger partial charge in [-0.05, 0) is 62.8 Å². The maximum atomic E-state index is 13.6. The smallest absolute Gasteiger partial charge is 0.481 e. The van der Waals surface area contributed by atoms with Gasteiger partial charge in [-0.1, -0.05) is 48.5 Å². The quantitative estimate of drug-likeness (QED) is 0.175. The number of aromatic nitrogens is 4. The van der Waals surface area contributed by atoms with Crippen molar-refractivity contribution in [3.8, 4) is 28.4 Å². The van der Waals surface area contributed by atoms with E-state index in [0.29, 0.717) is 29.9 Å². The van der Waals surface area contributed by atoms with Crippen LogP contribution in [0.4, 0.5) is 13.2 Å². The van der Waals surface area contributed by atoms with Crippen LogP contribution in [0.2, 0.25) is 0 Å². The second kappa shape index (κ2) is 10.6. The van der Waals surface area contributed by atoms with Gasteiger partial charge in [-0.15, -0.1) is 13.2 Å². The standard InChI is InChI=1S/C34H32F3N4O4P/c1-40-30(20-12-13-20)29(38-31(40)25-15-14-23(46(2,3)44)16-28(25)45-34(35,36)37)24-10-7-11-27-26(24)19-41(39-27)22-17-33(18-22,32(42)43)21-8-5-4-6-9-21/h4-11,14-16,19-20,22H,12-13,17-18H2,1-3H3,(H,42,43). The van der Waals surface area contributed by atoms with Crippen molar-refractivity contribution in [2.45, 2.75) is 49.4 Å². The molecule has 2 aliphatic carbocycles. The first-order valence-corrected chi connectivity index (χ1v) is 17.6. The zero-order valence-electron chi connectivity index (χ0n) is 25.5. The molecule has 2 saturated carbocycles. The number of rotatable bonds is 8. The Balaban J connectivity index is 1.31. The summed E-state index contributed by atoms with van der Waals surface area (Å²) in [4.78, 5) is 17.3. The molecule has 8 nitrogen and oxygen atoms in total. The van der Waals surface area contributed by atoms with E-state index in [2.05, 4.69) is 4.74 Å². The molecule has 2 fully saturated rings. The number of ether oxygens (including phenoxy) is 1. The summed E-state index contributed by atoms with van der Waals surface area (Å²) in [7, 11) is -1.08. The number of hydrogen-bond acceptors (Lipinski definition) is 5. The molecule has 0 spiro atoms. The molecule has 0 bridgehead atoms. The molecule has 2 aliphatic rings. The van der Waals surface area contributed by atoms with Gasteiger partial charge >= 0.3 is 12.3 Å². The highest BCUT2D eigenvalue weighted by atomic mass is 31.2. The first kappa shape index (κ1) is 30.3. The van der Waals surface area contributed by atoms with Crippen LogP contribution in [0.1, 0.15) is 48.9 Å². The Morgan fingerprint density at radius 2 is 1.74 bits per heavy atom. The molecule has 0 unspecified atom stereocenters. The summed E-state index contributed by atoms with van der Waals surface area (Å²) in [5.41, 5.74) is 3.01. The molecule has 3 aromatic carbocycles. The third-order valence-corrected chi connectivity index (χ3v) is 10.8. The summed E-state index contributed by atoms with van der Waals surface area (Å²) < 4.78 is 61.5. The summed E-state index contributed by atoms with van der Waals surface area (Å²) in [6.07, 6.45) is -0.370. The zero-order valence-corrected chi connectivity index (χ0v) is 26.3. The highest BCUT2D eigenvalue weighted by Crippen LogP contribution is 2.52. The van der Waals surface area contributed by atoms with Crippen LogP contribution >= 0.6 is 7.14 Å². The lowest BCUT2D eigenvalue weighted by Gasteiger charge is -2.44. The largest absolute Gasteiger partial charge is 0.573 e. The maximum Gasteiger partial charge on any atom is 0.573 e. The summed E-state index contributed by atoms with van der Waals surface area (Å²) in [6.45, 7) is 2.99. The number of carboxylic acids is 1. The van der Waals surface area contributed by atoms with Crippen molar-refractivity contribution in [1.82, 2.24) is 19.3 Å². The molecule has 1 N–H and O–H groups in total. The van der Waals surface area contributed by atoms with Crippen LogP contribution < -0.4 is 10.0 Å². The van der Waals surface area contributed by atoms with Crippen molar-refractivity contribution in [3.63, 3.8) is 0 Å². The normalized spacial score (nSPS) is 20.1. The highest BCUT2D eigenvalue weighted by molar-refractivity contribution is 7.70. The third kappa shape index (κ3) is 5.20. The minimum absolute atomic E-state index is 0.118. The molecule has 0 radical (unpaired) electrons. The second-order valence-electron chi connectivity index (χ2n) is 12.7. The van der Waals surface area contributed by atoms with Crippen LogP contribution in [0.25, 0.3) is 33.5 Å². The van der Waals surface area contributed by atoms with E-state index in [0.717, 1.165) is 35.0 Å². The van der Waals surface area contributed by atoms with Gasteiger partial charge in [0, 0.05) is 41.1 Å². The molecule has 0 aliphatic heterocycles. The third-order valence-electron chi connectivity index (χ3n) is 9.26. The van der Waals surface area contributed by atoms with Crippen LogP contribution in [0.15, 0.2) is 72.9 Å². The molecule has 46 heavy (non-hydrogen) atoms. The van der Waals surface area contributed by atoms with Gasteiger partial charge in [0.25, 0.3) is 0 Å². The molecular weight excluding hydrogens is 616 g/mol. The first-order valence-electron chi connectivity index (χ1n) is 15.0. The number of carbonyl (C=O) groups is 1. The van der Waals surface area contributed by atoms with Gasteiger partial charge in [-0.25, -0.2) is 4.98 Å². The van der Waals surface area contributed by atoms with Gasteiger partial charge in [0.2, 0.25) is 0 Å². The number of nitrogens with zero attached hydrogens (tertiary/aromatic N) is 4. The molecule has 0 amide bonds. The van der Waals surface area contributed by atoms with Crippen LogP contribution in [0.3, 0.4) is 0 Å². The average Bonchev–Trinajstić information content (AvgIpc) is 3.61. The Kier molecular flexibility index (Phi) is 6.97. The number of alkyl halides is 3. The molecule has 238 valence electrons. The van der Waals surface area contributed by atoms with Crippen molar-refractivity contribution in [2.75, 3.05) is 13.3 Å². The number of halogens is 3. The van der Waals surface area contributed by atoms with E-state index in [-0.39, 0.29) is 22.8 Å². The van der Waals surface area contributed by atoms with Gasteiger partial charge in [-0.3, -0.25) is 9.48 Å².